The maximum atomic E-state index is 13.8. The second-order valence-corrected chi connectivity index (χ2v) is 4.69. The van der Waals surface area contributed by atoms with E-state index < -0.39 is 17.7 Å². The van der Waals surface area contributed by atoms with Crippen molar-refractivity contribution in [3.05, 3.63) is 58.4 Å². The third-order valence-corrected chi connectivity index (χ3v) is 3.18. The molecule has 2 rings (SSSR count). The minimum Gasteiger partial charge on any atom is -0.376 e. The van der Waals surface area contributed by atoms with Crippen molar-refractivity contribution in [3.8, 4) is 0 Å². The van der Waals surface area contributed by atoms with Gasteiger partial charge in [-0.1, -0.05) is 11.6 Å². The van der Waals surface area contributed by atoms with E-state index >= 15 is 0 Å². The molecule has 19 heavy (non-hydrogen) atoms. The lowest BCUT2D eigenvalue weighted by Gasteiger charge is -2.17. The Balaban J connectivity index is 2.28. The van der Waals surface area contributed by atoms with Crippen LogP contribution in [0.4, 0.5) is 14.5 Å². The van der Waals surface area contributed by atoms with E-state index in [-0.39, 0.29) is 11.1 Å². The van der Waals surface area contributed by atoms with E-state index in [9.17, 15) is 8.78 Å². The van der Waals surface area contributed by atoms with E-state index in [2.05, 4.69) is 10.3 Å². The number of nitrogens with zero attached hydrogens (tertiary/aromatic N) is 1. The molecule has 0 spiro atoms. The normalized spacial score (nSPS) is 12.3. The summed E-state index contributed by atoms with van der Waals surface area (Å²) < 4.78 is 27.3. The molecule has 0 aliphatic rings. The Morgan fingerprint density at radius 1 is 1.26 bits per heavy atom. The fraction of sp³-hybridized carbons (Fsp3) is 0.214. The standard InChI is InChI=1S/C14H13ClF2N2/c1-8-6-12(17)10(7-11(8)16)9(2)19-13-4-3-5-18-14(13)15/h3-7,9,19H,1-2H3. The predicted molar refractivity (Wildman–Crippen MR) is 72.4 cm³/mol. The summed E-state index contributed by atoms with van der Waals surface area (Å²) in [6.45, 7) is 3.26. The summed E-state index contributed by atoms with van der Waals surface area (Å²) in [5.41, 5.74) is 1.12. The zero-order valence-corrected chi connectivity index (χ0v) is 11.3. The predicted octanol–water partition coefficient (Wildman–Crippen LogP) is 4.49. The van der Waals surface area contributed by atoms with Crippen LogP contribution in [0.15, 0.2) is 30.5 Å². The van der Waals surface area contributed by atoms with Gasteiger partial charge in [-0.05, 0) is 43.7 Å². The average molecular weight is 283 g/mol. The Labute approximate surface area is 115 Å². The number of aryl methyl sites for hydroxylation is 1. The molecule has 0 saturated heterocycles. The summed E-state index contributed by atoms with van der Waals surface area (Å²) in [5.74, 6) is -0.874. The molecular formula is C14H13ClF2N2. The fourth-order valence-corrected chi connectivity index (χ4v) is 1.97. The lowest BCUT2D eigenvalue weighted by atomic mass is 10.0. The maximum Gasteiger partial charge on any atom is 0.152 e. The van der Waals surface area contributed by atoms with Crippen molar-refractivity contribution in [3.63, 3.8) is 0 Å². The van der Waals surface area contributed by atoms with Crippen LogP contribution < -0.4 is 5.32 Å². The molecule has 0 saturated carbocycles. The van der Waals surface area contributed by atoms with Crippen LogP contribution in [0.25, 0.3) is 0 Å². The van der Waals surface area contributed by atoms with Gasteiger partial charge in [0.25, 0.3) is 0 Å². The van der Waals surface area contributed by atoms with Gasteiger partial charge >= 0.3 is 0 Å². The van der Waals surface area contributed by atoms with Gasteiger partial charge in [0.2, 0.25) is 0 Å². The molecule has 1 aromatic carbocycles. The molecule has 5 heteroatoms. The topological polar surface area (TPSA) is 24.9 Å². The van der Waals surface area contributed by atoms with Gasteiger partial charge in [0.15, 0.2) is 5.15 Å². The van der Waals surface area contributed by atoms with E-state index in [1.165, 1.54) is 19.1 Å². The van der Waals surface area contributed by atoms with Crippen molar-refractivity contribution in [1.29, 1.82) is 0 Å². The van der Waals surface area contributed by atoms with E-state index in [0.717, 1.165) is 0 Å². The van der Waals surface area contributed by atoms with Crippen LogP contribution in [-0.2, 0) is 0 Å². The Morgan fingerprint density at radius 2 is 2.00 bits per heavy atom. The fourth-order valence-electron chi connectivity index (χ4n) is 1.80. The highest BCUT2D eigenvalue weighted by Gasteiger charge is 2.14. The van der Waals surface area contributed by atoms with E-state index in [4.69, 9.17) is 11.6 Å². The van der Waals surface area contributed by atoms with Gasteiger partial charge in [0.1, 0.15) is 11.6 Å². The van der Waals surface area contributed by atoms with E-state index in [1.807, 2.05) is 0 Å². The SMILES string of the molecule is Cc1cc(F)c(C(C)Nc2cccnc2Cl)cc1F. The minimum atomic E-state index is -0.445. The lowest BCUT2D eigenvalue weighted by Crippen LogP contribution is -2.10. The van der Waals surface area contributed by atoms with Crippen LogP contribution in [0, 0.1) is 18.6 Å². The van der Waals surface area contributed by atoms with E-state index in [1.54, 1.807) is 25.3 Å². The van der Waals surface area contributed by atoms with Crippen LogP contribution in [0.1, 0.15) is 24.1 Å². The Hall–Kier alpha value is -1.68. The van der Waals surface area contributed by atoms with E-state index in [0.29, 0.717) is 10.8 Å². The molecule has 0 radical (unpaired) electrons. The highest BCUT2D eigenvalue weighted by Crippen LogP contribution is 2.26. The summed E-state index contributed by atoms with van der Waals surface area (Å²) >= 11 is 5.91. The van der Waals surface area contributed by atoms with Crippen molar-refractivity contribution < 1.29 is 8.78 Å². The van der Waals surface area contributed by atoms with Gasteiger partial charge in [-0.25, -0.2) is 13.8 Å². The molecule has 2 aromatic rings. The monoisotopic (exact) mass is 282 g/mol. The van der Waals surface area contributed by atoms with Gasteiger partial charge < -0.3 is 5.32 Å². The van der Waals surface area contributed by atoms with Gasteiger partial charge in [-0.2, -0.15) is 0 Å². The quantitative estimate of drug-likeness (QED) is 0.839. The number of pyridine rings is 1. The molecule has 100 valence electrons. The molecular weight excluding hydrogens is 270 g/mol. The first-order valence-electron chi connectivity index (χ1n) is 5.81. The summed E-state index contributed by atoms with van der Waals surface area (Å²) in [7, 11) is 0. The zero-order valence-electron chi connectivity index (χ0n) is 10.5. The lowest BCUT2D eigenvalue weighted by molar-refractivity contribution is 0.571. The van der Waals surface area contributed by atoms with Crippen molar-refractivity contribution in [2.24, 2.45) is 0 Å². The molecule has 2 nitrogen and oxygen atoms in total. The first-order chi connectivity index (χ1) is 8.99. The zero-order chi connectivity index (χ0) is 14.0. The van der Waals surface area contributed by atoms with Crippen LogP contribution in [-0.4, -0.2) is 4.98 Å². The molecule has 1 heterocycles. The summed E-state index contributed by atoms with van der Waals surface area (Å²) in [5, 5.41) is 3.31. The third-order valence-electron chi connectivity index (χ3n) is 2.88. The van der Waals surface area contributed by atoms with Crippen LogP contribution in [0.3, 0.4) is 0 Å². The third kappa shape index (κ3) is 3.01. The Bertz CT molecular complexity index is 602. The molecule has 1 unspecified atom stereocenters. The second kappa shape index (κ2) is 5.53. The molecule has 0 aliphatic heterocycles. The molecule has 0 aliphatic carbocycles. The number of hydrogen-bond donors (Lipinski definition) is 1. The van der Waals surface area contributed by atoms with Crippen molar-refractivity contribution in [2.75, 3.05) is 5.32 Å². The summed E-state index contributed by atoms with van der Waals surface area (Å²) in [6.07, 6.45) is 1.56. The number of halogens is 3. The number of hydrogen-bond acceptors (Lipinski definition) is 2. The van der Waals surface area contributed by atoms with Crippen molar-refractivity contribution >= 4 is 17.3 Å². The summed E-state index contributed by atoms with van der Waals surface area (Å²) in [6, 6.07) is 5.42. The molecule has 1 aromatic heterocycles. The second-order valence-electron chi connectivity index (χ2n) is 4.33. The number of benzene rings is 1. The number of nitrogens with one attached hydrogen (secondary N) is 1. The molecule has 0 fully saturated rings. The van der Waals surface area contributed by atoms with Crippen LogP contribution in [0.5, 0.6) is 0 Å². The molecule has 1 atom stereocenters. The summed E-state index contributed by atoms with van der Waals surface area (Å²) in [4.78, 5) is 3.92. The van der Waals surface area contributed by atoms with Gasteiger partial charge in [0, 0.05) is 11.8 Å². The van der Waals surface area contributed by atoms with Crippen LogP contribution in [0.2, 0.25) is 5.15 Å². The number of aromatic nitrogens is 1. The Kier molecular flexibility index (Phi) is 4.00. The Morgan fingerprint density at radius 3 is 2.68 bits per heavy atom. The maximum absolute atomic E-state index is 13.8. The van der Waals surface area contributed by atoms with Crippen LogP contribution >= 0.6 is 11.6 Å². The minimum absolute atomic E-state index is 0.253. The average Bonchev–Trinajstić information content (AvgIpc) is 2.36. The number of rotatable bonds is 3. The highest BCUT2D eigenvalue weighted by molar-refractivity contribution is 6.31. The molecule has 1 N–H and O–H groups in total. The first-order valence-corrected chi connectivity index (χ1v) is 6.19. The first kappa shape index (κ1) is 13.7. The van der Waals surface area contributed by atoms with Crippen molar-refractivity contribution in [1.82, 2.24) is 4.98 Å². The largest absolute Gasteiger partial charge is 0.376 e. The highest BCUT2D eigenvalue weighted by atomic mass is 35.5. The van der Waals surface area contributed by atoms with Crippen molar-refractivity contribution in [2.45, 2.75) is 19.9 Å². The molecule has 0 amide bonds. The smallest absolute Gasteiger partial charge is 0.152 e. The number of anilines is 1. The van der Waals surface area contributed by atoms with Gasteiger partial charge in [-0.15, -0.1) is 0 Å². The molecule has 0 bridgehead atoms. The van der Waals surface area contributed by atoms with Gasteiger partial charge in [-0.3, -0.25) is 0 Å². The van der Waals surface area contributed by atoms with Gasteiger partial charge in [0.05, 0.1) is 11.7 Å².